The monoisotopic (exact) mass is 449 g/mol. The highest BCUT2D eigenvalue weighted by molar-refractivity contribution is 6.39. The molecule has 0 aliphatic heterocycles. The molecule has 2 amide bonds. The second-order valence-electron chi connectivity index (χ2n) is 7.28. The molecule has 0 fully saturated rings. The Morgan fingerprint density at radius 2 is 1.70 bits per heavy atom. The highest BCUT2D eigenvalue weighted by atomic mass is 19.1. The first-order chi connectivity index (χ1) is 15.9. The van der Waals surface area contributed by atoms with Crippen LogP contribution in [0.3, 0.4) is 0 Å². The number of carbonyl (C=O) groups is 2. The third-order valence-electron chi connectivity index (χ3n) is 4.85. The minimum Gasteiger partial charge on any atom is -0.493 e. The first-order valence-electron chi connectivity index (χ1n) is 10.1. The first-order valence-corrected chi connectivity index (χ1v) is 10.1. The SMILES string of the molecule is COc1cc(/C=N\NC(=O)C(=O)Nc2ccc(C)c(C)c2)ccc1OCc1ccc(F)cc1. The van der Waals surface area contributed by atoms with Gasteiger partial charge in [0.15, 0.2) is 11.5 Å². The van der Waals surface area contributed by atoms with Gasteiger partial charge in [-0.3, -0.25) is 9.59 Å². The molecule has 0 saturated carbocycles. The van der Waals surface area contributed by atoms with Gasteiger partial charge >= 0.3 is 11.8 Å². The standard InChI is InChI=1S/C25H24FN3O4/c1-16-4-10-21(12-17(16)2)28-24(30)25(31)29-27-14-19-7-11-22(23(13-19)32-3)33-15-18-5-8-20(26)9-6-18/h4-14H,15H2,1-3H3,(H,28,30)(H,29,31)/b27-14-. The number of benzene rings is 3. The minimum atomic E-state index is -0.893. The Bertz CT molecular complexity index is 1180. The van der Waals surface area contributed by atoms with Crippen LogP contribution in [-0.4, -0.2) is 25.1 Å². The van der Waals surface area contributed by atoms with Crippen molar-refractivity contribution < 1.29 is 23.5 Å². The Hall–Kier alpha value is -4.20. The molecule has 0 saturated heterocycles. The molecule has 0 aliphatic rings. The molecule has 0 radical (unpaired) electrons. The molecule has 0 aliphatic carbocycles. The van der Waals surface area contributed by atoms with Gasteiger partial charge in [-0.15, -0.1) is 0 Å². The van der Waals surface area contributed by atoms with Crippen LogP contribution < -0.4 is 20.2 Å². The lowest BCUT2D eigenvalue weighted by Crippen LogP contribution is -2.32. The van der Waals surface area contributed by atoms with E-state index in [4.69, 9.17) is 9.47 Å². The van der Waals surface area contributed by atoms with Gasteiger partial charge in [0.2, 0.25) is 0 Å². The summed E-state index contributed by atoms with van der Waals surface area (Å²) in [6.45, 7) is 4.13. The Labute approximate surface area is 191 Å². The predicted octanol–water partition coefficient (Wildman–Crippen LogP) is 4.12. The summed E-state index contributed by atoms with van der Waals surface area (Å²) in [5.74, 6) is -1.07. The predicted molar refractivity (Wildman–Crippen MR) is 124 cm³/mol. The molecule has 3 rings (SSSR count). The van der Waals surface area contributed by atoms with Crippen LogP contribution in [0.25, 0.3) is 0 Å². The smallest absolute Gasteiger partial charge is 0.329 e. The second kappa shape index (κ2) is 10.9. The molecule has 33 heavy (non-hydrogen) atoms. The number of rotatable bonds is 7. The van der Waals surface area contributed by atoms with Crippen LogP contribution in [0.4, 0.5) is 10.1 Å². The number of anilines is 1. The summed E-state index contributed by atoms with van der Waals surface area (Å²) in [7, 11) is 1.50. The lowest BCUT2D eigenvalue weighted by atomic mass is 10.1. The number of hydrogen-bond donors (Lipinski definition) is 2. The number of carbonyl (C=O) groups excluding carboxylic acids is 2. The van der Waals surface area contributed by atoms with Crippen LogP contribution in [0.1, 0.15) is 22.3 Å². The minimum absolute atomic E-state index is 0.246. The van der Waals surface area contributed by atoms with Gasteiger partial charge in [0.1, 0.15) is 12.4 Å². The van der Waals surface area contributed by atoms with E-state index in [9.17, 15) is 14.0 Å². The number of halogens is 1. The number of nitrogens with one attached hydrogen (secondary N) is 2. The van der Waals surface area contributed by atoms with Gasteiger partial charge in [0.05, 0.1) is 13.3 Å². The Morgan fingerprint density at radius 3 is 2.39 bits per heavy atom. The fourth-order valence-corrected chi connectivity index (χ4v) is 2.85. The number of hydrazone groups is 1. The Balaban J connectivity index is 1.56. The Morgan fingerprint density at radius 1 is 0.939 bits per heavy atom. The molecular weight excluding hydrogens is 425 g/mol. The van der Waals surface area contributed by atoms with Gasteiger partial charge in [0.25, 0.3) is 0 Å². The zero-order valence-corrected chi connectivity index (χ0v) is 18.5. The van der Waals surface area contributed by atoms with E-state index >= 15 is 0 Å². The van der Waals surface area contributed by atoms with Gasteiger partial charge in [0, 0.05) is 5.69 Å². The number of nitrogens with zero attached hydrogens (tertiary/aromatic N) is 1. The van der Waals surface area contributed by atoms with E-state index in [1.54, 1.807) is 42.5 Å². The van der Waals surface area contributed by atoms with Crippen LogP contribution in [0, 0.1) is 19.7 Å². The summed E-state index contributed by atoms with van der Waals surface area (Å²) in [6.07, 6.45) is 1.38. The number of ether oxygens (including phenoxy) is 2. The molecule has 3 aromatic rings. The molecule has 170 valence electrons. The van der Waals surface area contributed by atoms with E-state index in [-0.39, 0.29) is 12.4 Å². The molecule has 0 bridgehead atoms. The summed E-state index contributed by atoms with van der Waals surface area (Å²) in [6, 6.07) is 16.5. The van der Waals surface area contributed by atoms with E-state index in [1.165, 1.54) is 25.5 Å². The van der Waals surface area contributed by atoms with E-state index < -0.39 is 11.8 Å². The van der Waals surface area contributed by atoms with Crippen molar-refractivity contribution in [3.8, 4) is 11.5 Å². The summed E-state index contributed by atoms with van der Waals surface area (Å²) >= 11 is 0. The van der Waals surface area contributed by atoms with Crippen molar-refractivity contribution in [2.75, 3.05) is 12.4 Å². The number of hydrogen-bond acceptors (Lipinski definition) is 5. The first kappa shape index (κ1) is 23.5. The summed E-state index contributed by atoms with van der Waals surface area (Å²) in [5.41, 5.74) is 6.25. The van der Waals surface area contributed by atoms with Crippen molar-refractivity contribution in [2.45, 2.75) is 20.5 Å². The fraction of sp³-hybridized carbons (Fsp3) is 0.160. The molecule has 8 heteroatoms. The molecule has 0 atom stereocenters. The zero-order valence-electron chi connectivity index (χ0n) is 18.5. The topological polar surface area (TPSA) is 89.0 Å². The van der Waals surface area contributed by atoms with Crippen molar-refractivity contribution in [1.82, 2.24) is 5.43 Å². The lowest BCUT2D eigenvalue weighted by molar-refractivity contribution is -0.136. The molecule has 3 aromatic carbocycles. The molecule has 7 nitrogen and oxygen atoms in total. The van der Waals surface area contributed by atoms with Crippen molar-refractivity contribution in [2.24, 2.45) is 5.10 Å². The second-order valence-corrected chi connectivity index (χ2v) is 7.28. The number of amides is 2. The number of methoxy groups -OCH3 is 1. The van der Waals surface area contributed by atoms with Crippen LogP contribution in [0.15, 0.2) is 65.8 Å². The molecule has 0 heterocycles. The van der Waals surface area contributed by atoms with Gasteiger partial charge in [-0.2, -0.15) is 5.10 Å². The van der Waals surface area contributed by atoms with E-state index in [1.807, 2.05) is 19.9 Å². The average molecular weight is 449 g/mol. The van der Waals surface area contributed by atoms with E-state index in [0.29, 0.717) is 22.7 Å². The molecule has 0 unspecified atom stereocenters. The van der Waals surface area contributed by atoms with E-state index in [2.05, 4.69) is 15.8 Å². The normalized spacial score (nSPS) is 10.7. The molecule has 0 spiro atoms. The quantitative estimate of drug-likeness (QED) is 0.323. The maximum atomic E-state index is 13.0. The fourth-order valence-electron chi connectivity index (χ4n) is 2.85. The van der Waals surface area contributed by atoms with Crippen LogP contribution in [-0.2, 0) is 16.2 Å². The van der Waals surface area contributed by atoms with Gasteiger partial charge in [-0.1, -0.05) is 18.2 Å². The maximum Gasteiger partial charge on any atom is 0.329 e. The molecule has 2 N–H and O–H groups in total. The summed E-state index contributed by atoms with van der Waals surface area (Å²) < 4.78 is 24.1. The third-order valence-corrected chi connectivity index (χ3v) is 4.85. The van der Waals surface area contributed by atoms with Gasteiger partial charge in [-0.25, -0.2) is 9.82 Å². The zero-order chi connectivity index (χ0) is 23.8. The Kier molecular flexibility index (Phi) is 7.75. The average Bonchev–Trinajstić information content (AvgIpc) is 2.81. The van der Waals surface area contributed by atoms with Crippen LogP contribution >= 0.6 is 0 Å². The third kappa shape index (κ3) is 6.64. The van der Waals surface area contributed by atoms with Gasteiger partial charge < -0.3 is 14.8 Å². The van der Waals surface area contributed by atoms with Crippen LogP contribution in [0.2, 0.25) is 0 Å². The lowest BCUT2D eigenvalue weighted by Gasteiger charge is -2.11. The molecule has 0 aromatic heterocycles. The van der Waals surface area contributed by atoms with E-state index in [0.717, 1.165) is 16.7 Å². The largest absolute Gasteiger partial charge is 0.493 e. The van der Waals surface area contributed by atoms with Gasteiger partial charge in [-0.05, 0) is 78.6 Å². The maximum absolute atomic E-state index is 13.0. The summed E-state index contributed by atoms with van der Waals surface area (Å²) in [4.78, 5) is 24.1. The highest BCUT2D eigenvalue weighted by Gasteiger charge is 2.13. The van der Waals surface area contributed by atoms with Crippen LogP contribution in [0.5, 0.6) is 11.5 Å². The number of aryl methyl sites for hydroxylation is 2. The summed E-state index contributed by atoms with van der Waals surface area (Å²) in [5, 5.41) is 6.36. The van der Waals surface area contributed by atoms with Crippen molar-refractivity contribution >= 4 is 23.7 Å². The van der Waals surface area contributed by atoms with Crippen molar-refractivity contribution in [1.29, 1.82) is 0 Å². The highest BCUT2D eigenvalue weighted by Crippen LogP contribution is 2.28. The van der Waals surface area contributed by atoms with Crippen molar-refractivity contribution in [3.63, 3.8) is 0 Å². The molecular formula is C25H24FN3O4. The van der Waals surface area contributed by atoms with Crippen molar-refractivity contribution in [3.05, 3.63) is 88.7 Å².